The van der Waals surface area contributed by atoms with E-state index in [1.807, 2.05) is 48.5 Å². The number of nitrogens with zero attached hydrogens (tertiary/aromatic N) is 1. The van der Waals surface area contributed by atoms with Gasteiger partial charge in [-0.2, -0.15) is 4.57 Å². The topological polar surface area (TPSA) is 20.9 Å². The number of carbonyl (C=O) groups excluding carboxylic acids is 1. The Labute approximate surface area is 164 Å². The highest BCUT2D eigenvalue weighted by Gasteiger charge is 2.22. The lowest BCUT2D eigenvalue weighted by molar-refractivity contribution is -0.687. The van der Waals surface area contributed by atoms with E-state index in [0.29, 0.717) is 0 Å². The summed E-state index contributed by atoms with van der Waals surface area (Å²) in [6.45, 7) is 1.02. The Morgan fingerprint density at radius 3 is 2.39 bits per heavy atom. The van der Waals surface area contributed by atoms with Crippen molar-refractivity contribution in [2.45, 2.75) is 13.0 Å². The summed E-state index contributed by atoms with van der Waals surface area (Å²) in [5.74, 6) is 0.0568. The van der Waals surface area contributed by atoms with Crippen molar-refractivity contribution in [1.29, 1.82) is 0 Å². The van der Waals surface area contributed by atoms with Gasteiger partial charge in [0.1, 0.15) is 0 Å². The zero-order valence-corrected chi connectivity index (χ0v) is 15.5. The van der Waals surface area contributed by atoms with Crippen LogP contribution in [-0.4, -0.2) is 5.78 Å². The van der Waals surface area contributed by atoms with Crippen molar-refractivity contribution >= 4 is 5.78 Å². The Balaban J connectivity index is 1.56. The largest absolute Gasteiger partial charge is 0.289 e. The number of hydrogen-bond donors (Lipinski definition) is 0. The number of pyridine rings is 1. The maximum absolute atomic E-state index is 12.8. The molecule has 0 spiro atoms. The predicted molar refractivity (Wildman–Crippen MR) is 111 cm³/mol. The number of fused-ring (bicyclic) bond motifs is 3. The highest BCUT2D eigenvalue weighted by Crippen LogP contribution is 2.31. The number of aromatic nitrogens is 1. The standard InChI is InChI=1S/C26H20NO/c28-26(20-7-2-1-3-8-20)23-10-6-9-21(17-23)22-13-12-19-14-16-27-15-5-4-11-25(27)24(19)18-22/h1-13,15,17-18H,14,16H2/q+1. The second-order valence-electron chi connectivity index (χ2n) is 7.18. The highest BCUT2D eigenvalue weighted by atomic mass is 16.1. The van der Waals surface area contributed by atoms with Crippen LogP contribution >= 0.6 is 0 Å². The second-order valence-corrected chi connectivity index (χ2v) is 7.18. The van der Waals surface area contributed by atoms with E-state index in [1.165, 1.54) is 16.8 Å². The quantitative estimate of drug-likeness (QED) is 0.367. The normalized spacial score (nSPS) is 12.1. The van der Waals surface area contributed by atoms with E-state index in [1.54, 1.807) is 0 Å². The van der Waals surface area contributed by atoms with E-state index >= 15 is 0 Å². The third kappa shape index (κ3) is 2.93. The van der Waals surface area contributed by atoms with Crippen LogP contribution in [-0.2, 0) is 13.0 Å². The third-order valence-corrected chi connectivity index (χ3v) is 5.44. The van der Waals surface area contributed by atoms with E-state index in [4.69, 9.17) is 0 Å². The van der Waals surface area contributed by atoms with Crippen molar-refractivity contribution < 1.29 is 9.36 Å². The Morgan fingerprint density at radius 1 is 0.714 bits per heavy atom. The Morgan fingerprint density at radius 2 is 1.50 bits per heavy atom. The lowest BCUT2D eigenvalue weighted by Gasteiger charge is -2.16. The molecule has 1 aromatic heterocycles. The summed E-state index contributed by atoms with van der Waals surface area (Å²) in [5, 5.41) is 0. The molecular formula is C26H20NO+. The van der Waals surface area contributed by atoms with Crippen LogP contribution in [0.25, 0.3) is 22.4 Å². The van der Waals surface area contributed by atoms with Gasteiger partial charge in [-0.3, -0.25) is 4.79 Å². The van der Waals surface area contributed by atoms with Crippen molar-refractivity contribution in [3.63, 3.8) is 0 Å². The van der Waals surface area contributed by atoms with Gasteiger partial charge in [-0.05, 0) is 34.9 Å². The molecule has 0 atom stereocenters. The summed E-state index contributed by atoms with van der Waals surface area (Å²) in [6.07, 6.45) is 3.19. The van der Waals surface area contributed by atoms with Gasteiger partial charge in [-0.1, -0.05) is 60.7 Å². The lowest BCUT2D eigenvalue weighted by Crippen LogP contribution is -2.39. The summed E-state index contributed by atoms with van der Waals surface area (Å²) >= 11 is 0. The Kier molecular flexibility index (Phi) is 4.10. The molecule has 0 saturated heterocycles. The summed E-state index contributed by atoms with van der Waals surface area (Å²) in [5.41, 5.74) is 7.56. The summed E-state index contributed by atoms with van der Waals surface area (Å²) < 4.78 is 2.31. The second kappa shape index (κ2) is 6.90. The lowest BCUT2D eigenvalue weighted by atomic mass is 9.92. The van der Waals surface area contributed by atoms with Gasteiger partial charge in [0.05, 0.1) is 5.56 Å². The van der Waals surface area contributed by atoms with Gasteiger partial charge in [-0.25, -0.2) is 0 Å². The van der Waals surface area contributed by atoms with E-state index in [0.717, 1.165) is 35.2 Å². The molecule has 0 N–H and O–H groups in total. The molecular weight excluding hydrogens is 342 g/mol. The van der Waals surface area contributed by atoms with Crippen LogP contribution in [0.5, 0.6) is 0 Å². The van der Waals surface area contributed by atoms with Crippen molar-refractivity contribution in [3.05, 3.63) is 114 Å². The van der Waals surface area contributed by atoms with Gasteiger partial charge in [0, 0.05) is 29.7 Å². The minimum absolute atomic E-state index is 0.0568. The average Bonchev–Trinajstić information content (AvgIpc) is 2.79. The van der Waals surface area contributed by atoms with E-state index in [2.05, 4.69) is 53.2 Å². The van der Waals surface area contributed by atoms with Crippen LogP contribution in [0.4, 0.5) is 0 Å². The number of ketones is 1. The Hall–Kier alpha value is -3.52. The first-order valence-corrected chi connectivity index (χ1v) is 9.61. The maximum atomic E-state index is 12.8. The van der Waals surface area contributed by atoms with Crippen molar-refractivity contribution in [2.75, 3.05) is 0 Å². The highest BCUT2D eigenvalue weighted by molar-refractivity contribution is 6.09. The minimum Gasteiger partial charge on any atom is -0.289 e. The number of benzene rings is 3. The van der Waals surface area contributed by atoms with Crippen molar-refractivity contribution in [2.24, 2.45) is 0 Å². The van der Waals surface area contributed by atoms with E-state index in [9.17, 15) is 4.79 Å². The molecule has 0 fully saturated rings. The molecule has 0 saturated carbocycles. The smallest absolute Gasteiger partial charge is 0.212 e. The van der Waals surface area contributed by atoms with Crippen LogP contribution in [0.3, 0.4) is 0 Å². The molecule has 4 aromatic rings. The van der Waals surface area contributed by atoms with E-state index < -0.39 is 0 Å². The fourth-order valence-electron chi connectivity index (χ4n) is 3.97. The molecule has 1 aliphatic heterocycles. The zero-order chi connectivity index (χ0) is 18.9. The molecule has 28 heavy (non-hydrogen) atoms. The Bertz CT molecular complexity index is 1180. The van der Waals surface area contributed by atoms with Crippen LogP contribution in [0, 0.1) is 0 Å². The molecule has 0 bridgehead atoms. The number of carbonyl (C=O) groups is 1. The summed E-state index contributed by atoms with van der Waals surface area (Å²) in [4.78, 5) is 12.8. The minimum atomic E-state index is 0.0568. The van der Waals surface area contributed by atoms with Gasteiger partial charge < -0.3 is 0 Å². The fraction of sp³-hybridized carbons (Fsp3) is 0.0769. The molecule has 0 amide bonds. The molecule has 0 aliphatic carbocycles. The van der Waals surface area contributed by atoms with Gasteiger partial charge in [0.2, 0.25) is 5.69 Å². The summed E-state index contributed by atoms with van der Waals surface area (Å²) in [6, 6.07) is 30.4. The van der Waals surface area contributed by atoms with Gasteiger partial charge in [0.15, 0.2) is 18.5 Å². The molecule has 2 heteroatoms. The van der Waals surface area contributed by atoms with Crippen molar-refractivity contribution in [3.8, 4) is 22.4 Å². The molecule has 2 nitrogen and oxygen atoms in total. The molecule has 1 aliphatic rings. The molecule has 0 radical (unpaired) electrons. The van der Waals surface area contributed by atoms with E-state index in [-0.39, 0.29) is 5.78 Å². The SMILES string of the molecule is O=C(c1ccccc1)c1cccc(-c2ccc3c(c2)-c2cccc[n+]2CC3)c1. The predicted octanol–water partition coefficient (Wildman–Crippen LogP) is 5.10. The summed E-state index contributed by atoms with van der Waals surface area (Å²) in [7, 11) is 0. The van der Waals surface area contributed by atoms with Gasteiger partial charge in [-0.15, -0.1) is 0 Å². The maximum Gasteiger partial charge on any atom is 0.212 e. The van der Waals surface area contributed by atoms with Crippen molar-refractivity contribution in [1.82, 2.24) is 0 Å². The third-order valence-electron chi connectivity index (χ3n) is 5.44. The van der Waals surface area contributed by atoms with Gasteiger partial charge in [0.25, 0.3) is 0 Å². The van der Waals surface area contributed by atoms with Gasteiger partial charge >= 0.3 is 0 Å². The van der Waals surface area contributed by atoms with Crippen LogP contribution in [0.2, 0.25) is 0 Å². The molecule has 2 heterocycles. The number of hydrogen-bond acceptors (Lipinski definition) is 1. The first-order valence-electron chi connectivity index (χ1n) is 9.61. The molecule has 3 aromatic carbocycles. The number of aryl methyl sites for hydroxylation is 2. The van der Waals surface area contributed by atoms with Crippen LogP contribution in [0.1, 0.15) is 21.5 Å². The molecule has 5 rings (SSSR count). The van der Waals surface area contributed by atoms with Crippen LogP contribution < -0.4 is 4.57 Å². The molecule has 0 unspecified atom stereocenters. The monoisotopic (exact) mass is 362 g/mol. The fourth-order valence-corrected chi connectivity index (χ4v) is 3.97. The average molecular weight is 362 g/mol. The first kappa shape index (κ1) is 16.6. The first-order chi connectivity index (χ1) is 13.8. The number of rotatable bonds is 3. The molecule has 134 valence electrons. The van der Waals surface area contributed by atoms with Crippen LogP contribution in [0.15, 0.2) is 97.2 Å². The zero-order valence-electron chi connectivity index (χ0n) is 15.5.